The first-order valence-corrected chi connectivity index (χ1v) is 8.98. The highest BCUT2D eigenvalue weighted by atomic mass is 16.5. The maximum absolute atomic E-state index is 12.3. The van der Waals surface area contributed by atoms with Crippen LogP contribution in [0.2, 0.25) is 0 Å². The molecule has 148 valence electrons. The lowest BCUT2D eigenvalue weighted by Crippen LogP contribution is -2.07. The van der Waals surface area contributed by atoms with Gasteiger partial charge in [0.05, 0.1) is 20.4 Å². The van der Waals surface area contributed by atoms with E-state index >= 15 is 0 Å². The van der Waals surface area contributed by atoms with E-state index in [1.807, 2.05) is 37.3 Å². The van der Waals surface area contributed by atoms with Crippen LogP contribution >= 0.6 is 0 Å². The van der Waals surface area contributed by atoms with E-state index in [2.05, 4.69) is 10.3 Å². The predicted molar refractivity (Wildman–Crippen MR) is 113 cm³/mol. The van der Waals surface area contributed by atoms with Gasteiger partial charge in [0.25, 0.3) is 0 Å². The van der Waals surface area contributed by atoms with Gasteiger partial charge in [-0.25, -0.2) is 0 Å². The Bertz CT molecular complexity index is 1020. The lowest BCUT2D eigenvalue weighted by molar-refractivity contribution is -0.111. The van der Waals surface area contributed by atoms with E-state index in [0.717, 1.165) is 11.1 Å². The van der Waals surface area contributed by atoms with Crippen molar-refractivity contribution in [3.8, 4) is 23.0 Å². The van der Waals surface area contributed by atoms with E-state index in [4.69, 9.17) is 14.2 Å². The molecule has 1 heterocycles. The molecule has 0 atom stereocenters. The number of anilines is 1. The summed E-state index contributed by atoms with van der Waals surface area (Å²) in [6.07, 6.45) is 6.52. The Balaban J connectivity index is 1.64. The summed E-state index contributed by atoms with van der Waals surface area (Å²) in [4.78, 5) is 16.3. The average molecular weight is 390 g/mol. The van der Waals surface area contributed by atoms with Gasteiger partial charge in [-0.1, -0.05) is 6.07 Å². The zero-order valence-electron chi connectivity index (χ0n) is 16.5. The zero-order valence-corrected chi connectivity index (χ0v) is 16.5. The normalized spacial score (nSPS) is 10.6. The van der Waals surface area contributed by atoms with Crippen LogP contribution in [-0.2, 0) is 4.79 Å². The van der Waals surface area contributed by atoms with Crippen molar-refractivity contribution in [2.75, 3.05) is 19.5 Å². The van der Waals surface area contributed by atoms with Crippen molar-refractivity contribution < 1.29 is 19.0 Å². The summed E-state index contributed by atoms with van der Waals surface area (Å²) in [6, 6.07) is 14.5. The van der Waals surface area contributed by atoms with Crippen molar-refractivity contribution in [1.82, 2.24) is 4.98 Å². The van der Waals surface area contributed by atoms with Gasteiger partial charge < -0.3 is 19.5 Å². The van der Waals surface area contributed by atoms with Gasteiger partial charge >= 0.3 is 0 Å². The van der Waals surface area contributed by atoms with Crippen molar-refractivity contribution in [3.05, 3.63) is 78.1 Å². The monoisotopic (exact) mass is 390 g/mol. The van der Waals surface area contributed by atoms with Crippen LogP contribution in [0.3, 0.4) is 0 Å². The van der Waals surface area contributed by atoms with Crippen LogP contribution in [0.15, 0.2) is 67.0 Å². The van der Waals surface area contributed by atoms with E-state index in [0.29, 0.717) is 28.7 Å². The molecule has 0 radical (unpaired) electrons. The van der Waals surface area contributed by atoms with Crippen LogP contribution in [0.4, 0.5) is 5.69 Å². The highest BCUT2D eigenvalue weighted by molar-refractivity contribution is 6.02. The number of nitrogens with zero attached hydrogens (tertiary/aromatic N) is 1. The van der Waals surface area contributed by atoms with E-state index in [-0.39, 0.29) is 5.91 Å². The van der Waals surface area contributed by atoms with Crippen LogP contribution in [0, 0.1) is 6.92 Å². The van der Waals surface area contributed by atoms with Gasteiger partial charge in [0, 0.05) is 18.0 Å². The van der Waals surface area contributed by atoms with Crippen molar-refractivity contribution in [2.45, 2.75) is 6.92 Å². The summed E-state index contributed by atoms with van der Waals surface area (Å²) in [5, 5.41) is 2.85. The quantitative estimate of drug-likeness (QED) is 0.584. The van der Waals surface area contributed by atoms with Crippen LogP contribution in [0.1, 0.15) is 11.1 Å². The number of benzene rings is 2. The molecule has 0 unspecified atom stereocenters. The molecule has 1 aromatic heterocycles. The molecule has 0 fully saturated rings. The third-order valence-corrected chi connectivity index (χ3v) is 4.14. The first-order chi connectivity index (χ1) is 14.1. The number of pyridine rings is 1. The molecule has 3 aromatic rings. The van der Waals surface area contributed by atoms with Gasteiger partial charge in [0.1, 0.15) is 11.5 Å². The molecule has 1 amide bonds. The minimum absolute atomic E-state index is 0.236. The topological polar surface area (TPSA) is 69.7 Å². The lowest BCUT2D eigenvalue weighted by atomic mass is 10.1. The second-order valence-electron chi connectivity index (χ2n) is 6.21. The summed E-state index contributed by atoms with van der Waals surface area (Å²) in [6.45, 7) is 1.92. The number of methoxy groups -OCH3 is 2. The largest absolute Gasteiger partial charge is 0.493 e. The fourth-order valence-electron chi connectivity index (χ4n) is 2.69. The molecule has 0 aliphatic heterocycles. The van der Waals surface area contributed by atoms with Crippen LogP contribution in [-0.4, -0.2) is 25.1 Å². The van der Waals surface area contributed by atoms with Gasteiger partial charge in [-0.05, 0) is 66.6 Å². The van der Waals surface area contributed by atoms with Crippen LogP contribution < -0.4 is 19.5 Å². The molecule has 6 heteroatoms. The summed E-state index contributed by atoms with van der Waals surface area (Å²) < 4.78 is 16.3. The second kappa shape index (κ2) is 9.41. The Kier molecular flexibility index (Phi) is 6.47. The fourth-order valence-corrected chi connectivity index (χ4v) is 2.69. The first kappa shape index (κ1) is 19.9. The van der Waals surface area contributed by atoms with Gasteiger partial charge in [0.15, 0.2) is 11.5 Å². The molecule has 2 aromatic carbocycles. The van der Waals surface area contributed by atoms with E-state index in [9.17, 15) is 4.79 Å². The number of aromatic nitrogens is 1. The Hall–Kier alpha value is -3.80. The third kappa shape index (κ3) is 5.35. The number of carbonyl (C=O) groups excluding carboxylic acids is 1. The molecule has 0 saturated heterocycles. The SMILES string of the molecule is COc1ccc(/C=C/C(=O)Nc2ccc(Oc3cccnc3)c(C)c2)cc1OC. The standard InChI is InChI=1S/C23H22N2O4/c1-16-13-18(8-10-20(16)29-19-5-4-12-24-15-19)25-23(26)11-7-17-6-9-21(27-2)22(14-17)28-3/h4-15H,1-3H3,(H,25,26)/b11-7+. The molecule has 0 spiro atoms. The molecule has 0 saturated carbocycles. The summed E-state index contributed by atoms with van der Waals surface area (Å²) in [5.41, 5.74) is 2.41. The highest BCUT2D eigenvalue weighted by Gasteiger charge is 2.06. The first-order valence-electron chi connectivity index (χ1n) is 8.98. The lowest BCUT2D eigenvalue weighted by Gasteiger charge is -2.10. The predicted octanol–water partition coefficient (Wildman–Crippen LogP) is 4.85. The molecular weight excluding hydrogens is 368 g/mol. The van der Waals surface area contributed by atoms with E-state index < -0.39 is 0 Å². The number of nitrogens with one attached hydrogen (secondary N) is 1. The third-order valence-electron chi connectivity index (χ3n) is 4.14. The molecule has 0 aliphatic rings. The maximum atomic E-state index is 12.3. The minimum atomic E-state index is -0.236. The van der Waals surface area contributed by atoms with Gasteiger partial charge in [0.2, 0.25) is 5.91 Å². The molecule has 1 N–H and O–H groups in total. The van der Waals surface area contributed by atoms with Crippen LogP contribution in [0.25, 0.3) is 6.08 Å². The van der Waals surface area contributed by atoms with Crippen molar-refractivity contribution in [3.63, 3.8) is 0 Å². The summed E-state index contributed by atoms with van der Waals surface area (Å²) >= 11 is 0. The van der Waals surface area contributed by atoms with E-state index in [1.54, 1.807) is 50.9 Å². The molecule has 6 nitrogen and oxygen atoms in total. The zero-order chi connectivity index (χ0) is 20.6. The van der Waals surface area contributed by atoms with Crippen LogP contribution in [0.5, 0.6) is 23.0 Å². The molecule has 29 heavy (non-hydrogen) atoms. The molecule has 3 rings (SSSR count). The second-order valence-corrected chi connectivity index (χ2v) is 6.21. The van der Waals surface area contributed by atoms with Gasteiger partial charge in [-0.2, -0.15) is 0 Å². The number of rotatable bonds is 7. The Morgan fingerprint density at radius 2 is 1.79 bits per heavy atom. The number of ether oxygens (including phenoxy) is 3. The summed E-state index contributed by atoms with van der Waals surface area (Å²) in [7, 11) is 3.15. The van der Waals surface area contributed by atoms with Gasteiger partial charge in [-0.15, -0.1) is 0 Å². The molecular formula is C23H22N2O4. The molecule has 0 aliphatic carbocycles. The van der Waals surface area contributed by atoms with Crippen molar-refractivity contribution in [2.24, 2.45) is 0 Å². The number of carbonyl (C=O) groups is 1. The Morgan fingerprint density at radius 1 is 1.00 bits per heavy atom. The number of aryl methyl sites for hydroxylation is 1. The Morgan fingerprint density at radius 3 is 2.48 bits per heavy atom. The number of hydrogen-bond donors (Lipinski definition) is 1. The van der Waals surface area contributed by atoms with Gasteiger partial charge in [-0.3, -0.25) is 9.78 Å². The van der Waals surface area contributed by atoms with E-state index in [1.165, 1.54) is 6.08 Å². The fraction of sp³-hybridized carbons (Fsp3) is 0.130. The number of hydrogen-bond acceptors (Lipinski definition) is 5. The summed E-state index contributed by atoms with van der Waals surface area (Å²) in [5.74, 6) is 2.37. The van der Waals surface area contributed by atoms with Crippen molar-refractivity contribution >= 4 is 17.7 Å². The molecule has 0 bridgehead atoms. The van der Waals surface area contributed by atoms with Crippen molar-refractivity contribution in [1.29, 1.82) is 0 Å². The highest BCUT2D eigenvalue weighted by Crippen LogP contribution is 2.28. The maximum Gasteiger partial charge on any atom is 0.248 e. The Labute approximate surface area is 169 Å². The average Bonchev–Trinajstić information content (AvgIpc) is 2.74. The number of amides is 1. The minimum Gasteiger partial charge on any atom is -0.493 e. The smallest absolute Gasteiger partial charge is 0.248 e.